The van der Waals surface area contributed by atoms with Gasteiger partial charge in [0, 0.05) is 17.5 Å². The first-order chi connectivity index (χ1) is 9.49. The molecule has 0 amide bonds. The van der Waals surface area contributed by atoms with Crippen molar-refractivity contribution in [1.82, 2.24) is 4.90 Å². The van der Waals surface area contributed by atoms with Gasteiger partial charge in [-0.1, -0.05) is 24.7 Å². The van der Waals surface area contributed by atoms with Gasteiger partial charge >= 0.3 is 11.0 Å². The molecule has 1 aliphatic rings. The molecule has 0 aromatic carbocycles. The van der Waals surface area contributed by atoms with Crippen LogP contribution in [0.5, 0.6) is 0 Å². The molecule has 1 N–H and O–H groups in total. The molecule has 7 heteroatoms. The highest BCUT2D eigenvalue weighted by molar-refractivity contribution is 7.15. The topological polar surface area (TPSA) is 83.7 Å². The quantitative estimate of drug-likeness (QED) is 0.645. The molecule has 0 bridgehead atoms. The van der Waals surface area contributed by atoms with E-state index in [4.69, 9.17) is 0 Å². The highest BCUT2D eigenvalue weighted by atomic mass is 32.1. The van der Waals surface area contributed by atoms with E-state index in [2.05, 4.69) is 0 Å². The lowest BCUT2D eigenvalue weighted by Crippen LogP contribution is -2.49. The molecule has 0 radical (unpaired) electrons. The number of carbonyl (C=O) groups is 1. The van der Waals surface area contributed by atoms with Crippen LogP contribution in [0.4, 0.5) is 5.00 Å². The van der Waals surface area contributed by atoms with Gasteiger partial charge in [-0.25, -0.2) is 0 Å². The lowest BCUT2D eigenvalue weighted by atomic mass is 9.90. The number of hydrogen-bond acceptors (Lipinski definition) is 5. The highest BCUT2D eigenvalue weighted by Crippen LogP contribution is 2.36. The molecule has 2 heterocycles. The zero-order chi connectivity index (χ0) is 14.8. The van der Waals surface area contributed by atoms with Gasteiger partial charge in [-0.2, -0.15) is 0 Å². The van der Waals surface area contributed by atoms with Crippen LogP contribution in [0, 0.1) is 10.1 Å². The molecule has 0 aliphatic carbocycles. The zero-order valence-electron chi connectivity index (χ0n) is 11.4. The van der Waals surface area contributed by atoms with E-state index >= 15 is 0 Å². The van der Waals surface area contributed by atoms with Gasteiger partial charge in [-0.05, 0) is 31.9 Å². The van der Waals surface area contributed by atoms with Gasteiger partial charge < -0.3 is 5.11 Å². The summed E-state index contributed by atoms with van der Waals surface area (Å²) in [5.74, 6) is -0.775. The van der Waals surface area contributed by atoms with Crippen LogP contribution in [0.3, 0.4) is 0 Å². The Morgan fingerprint density at radius 1 is 1.60 bits per heavy atom. The molecule has 110 valence electrons. The van der Waals surface area contributed by atoms with Crippen LogP contribution in [0.15, 0.2) is 12.1 Å². The Kier molecular flexibility index (Phi) is 4.39. The third-order valence-corrected chi connectivity index (χ3v) is 4.88. The summed E-state index contributed by atoms with van der Waals surface area (Å²) in [6, 6.07) is 3.21. The van der Waals surface area contributed by atoms with E-state index in [0.717, 1.165) is 35.6 Å². The minimum absolute atomic E-state index is 0.107. The number of hydrogen-bond donors (Lipinski definition) is 1. The molecular weight excluding hydrogens is 280 g/mol. The monoisotopic (exact) mass is 298 g/mol. The van der Waals surface area contributed by atoms with Crippen LogP contribution >= 0.6 is 11.3 Å². The number of thiophene rings is 1. The molecule has 1 aromatic rings. The molecule has 1 saturated heterocycles. The van der Waals surface area contributed by atoms with Crippen molar-refractivity contribution < 1.29 is 14.8 Å². The molecule has 1 atom stereocenters. The number of carboxylic acids is 1. The number of rotatable bonds is 6. The van der Waals surface area contributed by atoms with Crippen LogP contribution in [0.25, 0.3) is 0 Å². The van der Waals surface area contributed by atoms with Crippen molar-refractivity contribution in [1.29, 1.82) is 0 Å². The second-order valence-electron chi connectivity index (χ2n) is 5.11. The zero-order valence-corrected chi connectivity index (χ0v) is 12.2. The minimum Gasteiger partial charge on any atom is -0.480 e. The van der Waals surface area contributed by atoms with Gasteiger partial charge in [0.1, 0.15) is 5.54 Å². The molecule has 1 aromatic heterocycles. The summed E-state index contributed by atoms with van der Waals surface area (Å²) < 4.78 is 0. The van der Waals surface area contributed by atoms with E-state index in [-0.39, 0.29) is 5.00 Å². The van der Waals surface area contributed by atoms with Crippen molar-refractivity contribution in [2.75, 3.05) is 6.54 Å². The van der Waals surface area contributed by atoms with E-state index in [0.29, 0.717) is 19.4 Å². The fraction of sp³-hybridized carbons (Fsp3) is 0.615. The van der Waals surface area contributed by atoms with Gasteiger partial charge in [-0.15, -0.1) is 0 Å². The summed E-state index contributed by atoms with van der Waals surface area (Å²) >= 11 is 1.12. The van der Waals surface area contributed by atoms with Crippen LogP contribution in [0.2, 0.25) is 0 Å². The average molecular weight is 298 g/mol. The van der Waals surface area contributed by atoms with Crippen molar-refractivity contribution in [3.63, 3.8) is 0 Å². The number of nitro groups is 1. The van der Waals surface area contributed by atoms with Gasteiger partial charge in [0.25, 0.3) is 0 Å². The largest absolute Gasteiger partial charge is 0.480 e. The molecule has 6 nitrogen and oxygen atoms in total. The molecule has 2 rings (SSSR count). The maximum atomic E-state index is 11.7. The molecule has 1 unspecified atom stereocenters. The van der Waals surface area contributed by atoms with E-state index in [9.17, 15) is 20.0 Å². The second-order valence-corrected chi connectivity index (χ2v) is 6.26. The summed E-state index contributed by atoms with van der Waals surface area (Å²) in [5.41, 5.74) is -0.798. The molecule has 20 heavy (non-hydrogen) atoms. The maximum Gasteiger partial charge on any atom is 0.324 e. The first-order valence-electron chi connectivity index (χ1n) is 6.71. The van der Waals surface area contributed by atoms with Crippen LogP contribution < -0.4 is 0 Å². The fourth-order valence-electron chi connectivity index (χ4n) is 2.95. The number of carboxylic acid groups (broad SMARTS) is 1. The van der Waals surface area contributed by atoms with Gasteiger partial charge in [0.2, 0.25) is 0 Å². The average Bonchev–Trinajstić information content (AvgIpc) is 2.99. The lowest BCUT2D eigenvalue weighted by molar-refractivity contribution is -0.380. The van der Waals surface area contributed by atoms with Crippen molar-refractivity contribution in [2.24, 2.45) is 0 Å². The predicted molar refractivity (Wildman–Crippen MR) is 75.9 cm³/mol. The molecule has 0 spiro atoms. The predicted octanol–water partition coefficient (Wildman–Crippen LogP) is 2.88. The summed E-state index contributed by atoms with van der Waals surface area (Å²) in [5, 5.41) is 20.4. The minimum atomic E-state index is -0.798. The van der Waals surface area contributed by atoms with Crippen LogP contribution in [-0.2, 0) is 11.3 Å². The van der Waals surface area contributed by atoms with Crippen LogP contribution in [0.1, 0.15) is 37.5 Å². The van der Waals surface area contributed by atoms with Crippen molar-refractivity contribution >= 4 is 22.3 Å². The Bertz CT molecular complexity index is 516. The normalized spacial score (nSPS) is 23.1. The molecule has 0 saturated carbocycles. The first-order valence-corrected chi connectivity index (χ1v) is 7.53. The van der Waals surface area contributed by atoms with Gasteiger partial charge in [0.05, 0.1) is 4.92 Å². The Morgan fingerprint density at radius 2 is 2.35 bits per heavy atom. The van der Waals surface area contributed by atoms with Gasteiger partial charge in [0.15, 0.2) is 0 Å². The van der Waals surface area contributed by atoms with Crippen LogP contribution in [-0.4, -0.2) is 33.0 Å². The lowest BCUT2D eigenvalue weighted by Gasteiger charge is -2.34. The number of aliphatic carboxylic acids is 1. The Balaban J connectivity index is 2.17. The molecular formula is C13H18N2O4S. The Labute approximate surface area is 121 Å². The molecule has 1 fully saturated rings. The summed E-state index contributed by atoms with van der Waals surface area (Å²) in [6.07, 6.45) is 2.95. The Morgan fingerprint density at radius 3 is 2.90 bits per heavy atom. The Hall–Kier alpha value is -1.47. The summed E-state index contributed by atoms with van der Waals surface area (Å²) in [7, 11) is 0. The molecule has 1 aliphatic heterocycles. The smallest absolute Gasteiger partial charge is 0.324 e. The van der Waals surface area contributed by atoms with Crippen molar-refractivity contribution in [2.45, 2.75) is 44.7 Å². The van der Waals surface area contributed by atoms with E-state index in [1.54, 1.807) is 6.07 Å². The number of nitrogens with zero attached hydrogens (tertiary/aromatic N) is 2. The summed E-state index contributed by atoms with van der Waals surface area (Å²) in [6.45, 7) is 3.19. The SMILES string of the molecule is CCCC1(C(=O)O)CCCN1Cc1ccc([N+](=O)[O-])s1. The fourth-order valence-corrected chi connectivity index (χ4v) is 3.78. The standard InChI is InChI=1S/C13H18N2O4S/c1-2-6-13(12(16)17)7-3-8-14(13)9-10-4-5-11(20-10)15(18)19/h4-5H,2-3,6-9H2,1H3,(H,16,17). The maximum absolute atomic E-state index is 11.7. The first kappa shape index (κ1) is 14.9. The second kappa shape index (κ2) is 5.88. The van der Waals surface area contributed by atoms with Crippen molar-refractivity contribution in [3.8, 4) is 0 Å². The summed E-state index contributed by atoms with van der Waals surface area (Å²) in [4.78, 5) is 24.8. The van der Waals surface area contributed by atoms with Crippen molar-refractivity contribution in [3.05, 3.63) is 27.1 Å². The van der Waals surface area contributed by atoms with Gasteiger partial charge in [-0.3, -0.25) is 19.8 Å². The third kappa shape index (κ3) is 2.69. The third-order valence-electron chi connectivity index (χ3n) is 3.86. The highest BCUT2D eigenvalue weighted by Gasteiger charge is 2.46. The van der Waals surface area contributed by atoms with E-state index in [1.807, 2.05) is 11.8 Å². The van der Waals surface area contributed by atoms with E-state index in [1.165, 1.54) is 6.07 Å². The van der Waals surface area contributed by atoms with E-state index < -0.39 is 16.4 Å². The number of likely N-dealkylation sites (tertiary alicyclic amines) is 1.